The quantitative estimate of drug-likeness (QED) is 0.829. The molecule has 2 aliphatic heterocycles. The number of rotatable bonds is 3. The number of likely N-dealkylation sites (tertiary alicyclic amines) is 1. The highest BCUT2D eigenvalue weighted by atomic mass is 32.2. The molecule has 0 unspecified atom stereocenters. The molecule has 9 heteroatoms. The summed E-state index contributed by atoms with van der Waals surface area (Å²) in [5.41, 5.74) is 2.16. The zero-order valence-electron chi connectivity index (χ0n) is 15.5. The summed E-state index contributed by atoms with van der Waals surface area (Å²) in [4.78, 5) is 19.3. The predicted molar refractivity (Wildman–Crippen MR) is 102 cm³/mol. The van der Waals surface area contributed by atoms with E-state index in [4.69, 9.17) is 0 Å². The van der Waals surface area contributed by atoms with Gasteiger partial charge in [-0.2, -0.15) is 5.10 Å². The monoisotopic (exact) mass is 391 g/mol. The van der Waals surface area contributed by atoms with Gasteiger partial charge in [0.1, 0.15) is 15.4 Å². The Morgan fingerprint density at radius 2 is 1.85 bits per heavy atom. The van der Waals surface area contributed by atoms with Crippen molar-refractivity contribution in [3.8, 4) is 0 Å². The van der Waals surface area contributed by atoms with E-state index >= 15 is 0 Å². The highest BCUT2D eigenvalue weighted by Crippen LogP contribution is 2.22. The number of carbonyl (C=O) groups is 1. The van der Waals surface area contributed by atoms with Crippen LogP contribution in [-0.2, 0) is 16.9 Å². The summed E-state index contributed by atoms with van der Waals surface area (Å²) in [6.07, 6.45) is 6.51. The number of hydrogen-bond donors (Lipinski definition) is 1. The smallest absolute Gasteiger partial charge is 0.253 e. The second-order valence-corrected chi connectivity index (χ2v) is 9.87. The first-order valence-electron chi connectivity index (χ1n) is 9.44. The molecule has 2 fully saturated rings. The summed E-state index contributed by atoms with van der Waals surface area (Å²) in [6, 6.07) is 2.33. The average molecular weight is 391 g/mol. The number of aromatic nitrogens is 3. The highest BCUT2D eigenvalue weighted by molar-refractivity contribution is 7.91. The number of nitrogens with one attached hydrogen (secondary N) is 1. The fraction of sp³-hybridized carbons (Fsp3) is 0.611. The highest BCUT2D eigenvalue weighted by Gasteiger charge is 2.30. The zero-order chi connectivity index (χ0) is 19.0. The molecule has 2 saturated heterocycles. The normalized spacial score (nSPS) is 22.1. The van der Waals surface area contributed by atoms with Crippen LogP contribution >= 0.6 is 0 Å². The molecule has 0 atom stereocenters. The van der Waals surface area contributed by atoms with Gasteiger partial charge in [-0.1, -0.05) is 0 Å². The number of pyridine rings is 1. The fourth-order valence-electron chi connectivity index (χ4n) is 4.07. The minimum absolute atomic E-state index is 0.104. The van der Waals surface area contributed by atoms with E-state index in [9.17, 15) is 13.2 Å². The Kier molecular flexibility index (Phi) is 4.90. The van der Waals surface area contributed by atoms with E-state index in [0.29, 0.717) is 23.1 Å². The molecule has 4 rings (SSSR count). The molecule has 4 heterocycles. The molecule has 1 N–H and O–H groups in total. The second kappa shape index (κ2) is 7.20. The number of amides is 1. The first-order chi connectivity index (χ1) is 12.9. The van der Waals surface area contributed by atoms with Crippen molar-refractivity contribution in [2.75, 3.05) is 24.6 Å². The van der Waals surface area contributed by atoms with Gasteiger partial charge in [-0.05, 0) is 31.7 Å². The number of nitrogens with zero attached hydrogens (tertiary/aromatic N) is 4. The average Bonchev–Trinajstić information content (AvgIpc) is 3.03. The van der Waals surface area contributed by atoms with Crippen LogP contribution in [0.15, 0.2) is 18.5 Å². The third-order valence-corrected chi connectivity index (χ3v) is 7.48. The van der Waals surface area contributed by atoms with E-state index < -0.39 is 9.84 Å². The standard InChI is InChI=1S/C18H25N5O3S/c1-22-17-10-13(11-19-16(17)12-20-22)18(24)21-14-2-6-23(7-3-14)15-4-8-27(25,26)9-5-15/h10-12,14-15H,2-9H2,1H3,(H,21,24). The van der Waals surface area contributed by atoms with Crippen molar-refractivity contribution in [2.24, 2.45) is 7.05 Å². The molecular formula is C18H25N5O3S. The Bertz CT molecular complexity index is 933. The summed E-state index contributed by atoms with van der Waals surface area (Å²) < 4.78 is 24.9. The maximum atomic E-state index is 12.6. The molecule has 1 amide bonds. The minimum Gasteiger partial charge on any atom is -0.349 e. The molecular weight excluding hydrogens is 366 g/mol. The number of sulfone groups is 1. The van der Waals surface area contributed by atoms with Crippen molar-refractivity contribution >= 4 is 26.8 Å². The summed E-state index contributed by atoms with van der Waals surface area (Å²) in [6.45, 7) is 1.79. The summed E-state index contributed by atoms with van der Waals surface area (Å²) in [7, 11) is -0.991. The lowest BCUT2D eigenvalue weighted by Crippen LogP contribution is -2.49. The van der Waals surface area contributed by atoms with Crippen LogP contribution in [0.1, 0.15) is 36.0 Å². The fourth-order valence-corrected chi connectivity index (χ4v) is 5.54. The first kappa shape index (κ1) is 18.4. The molecule has 27 heavy (non-hydrogen) atoms. The number of aryl methyl sites for hydroxylation is 1. The lowest BCUT2D eigenvalue weighted by atomic mass is 10.0. The van der Waals surface area contributed by atoms with Gasteiger partial charge in [0.15, 0.2) is 0 Å². The van der Waals surface area contributed by atoms with Crippen molar-refractivity contribution in [1.29, 1.82) is 0 Å². The van der Waals surface area contributed by atoms with Crippen molar-refractivity contribution in [3.05, 3.63) is 24.0 Å². The van der Waals surface area contributed by atoms with E-state index in [0.717, 1.165) is 49.8 Å². The van der Waals surface area contributed by atoms with Crippen LogP contribution in [0.3, 0.4) is 0 Å². The minimum atomic E-state index is -2.82. The third-order valence-electron chi connectivity index (χ3n) is 5.77. The molecule has 8 nitrogen and oxygen atoms in total. The van der Waals surface area contributed by atoms with Gasteiger partial charge in [0, 0.05) is 38.4 Å². The molecule has 0 spiro atoms. The Morgan fingerprint density at radius 1 is 1.15 bits per heavy atom. The third kappa shape index (κ3) is 3.98. The van der Waals surface area contributed by atoms with Crippen LogP contribution < -0.4 is 5.32 Å². The van der Waals surface area contributed by atoms with Gasteiger partial charge >= 0.3 is 0 Å². The first-order valence-corrected chi connectivity index (χ1v) is 11.3. The number of fused-ring (bicyclic) bond motifs is 1. The van der Waals surface area contributed by atoms with Gasteiger partial charge in [-0.15, -0.1) is 0 Å². The summed E-state index contributed by atoms with van der Waals surface area (Å²) in [5, 5.41) is 7.27. The van der Waals surface area contributed by atoms with Crippen LogP contribution in [0.4, 0.5) is 0 Å². The molecule has 2 aromatic heterocycles. The molecule has 0 aromatic carbocycles. The van der Waals surface area contributed by atoms with Gasteiger partial charge in [0.25, 0.3) is 5.91 Å². The lowest BCUT2D eigenvalue weighted by molar-refractivity contribution is 0.0885. The van der Waals surface area contributed by atoms with Gasteiger partial charge in [0.05, 0.1) is 28.8 Å². The second-order valence-electron chi connectivity index (χ2n) is 7.56. The van der Waals surface area contributed by atoms with Gasteiger partial charge < -0.3 is 10.2 Å². The molecule has 2 aromatic rings. The van der Waals surface area contributed by atoms with Crippen LogP contribution in [0.25, 0.3) is 11.0 Å². The van der Waals surface area contributed by atoms with E-state index in [2.05, 4.69) is 20.3 Å². The number of piperidine rings is 1. The van der Waals surface area contributed by atoms with E-state index in [1.807, 2.05) is 13.1 Å². The molecule has 0 bridgehead atoms. The molecule has 146 valence electrons. The molecule has 2 aliphatic rings. The van der Waals surface area contributed by atoms with Crippen LogP contribution in [-0.4, -0.2) is 70.7 Å². The molecule has 0 radical (unpaired) electrons. The van der Waals surface area contributed by atoms with Gasteiger partial charge in [-0.25, -0.2) is 8.42 Å². The Balaban J connectivity index is 1.32. The lowest BCUT2D eigenvalue weighted by Gasteiger charge is -2.39. The van der Waals surface area contributed by atoms with E-state index in [1.54, 1.807) is 17.1 Å². The zero-order valence-corrected chi connectivity index (χ0v) is 16.3. The summed E-state index contributed by atoms with van der Waals surface area (Å²) >= 11 is 0. The van der Waals surface area contributed by atoms with Gasteiger partial charge in [-0.3, -0.25) is 14.5 Å². The maximum absolute atomic E-state index is 12.6. The Labute approximate surface area is 158 Å². The Hall–Kier alpha value is -2.00. The summed E-state index contributed by atoms with van der Waals surface area (Å²) in [5.74, 6) is 0.503. The van der Waals surface area contributed by atoms with Gasteiger partial charge in [0.2, 0.25) is 0 Å². The molecule has 0 aliphatic carbocycles. The van der Waals surface area contributed by atoms with Crippen LogP contribution in [0.2, 0.25) is 0 Å². The van der Waals surface area contributed by atoms with Crippen molar-refractivity contribution < 1.29 is 13.2 Å². The van der Waals surface area contributed by atoms with Crippen molar-refractivity contribution in [1.82, 2.24) is 25.0 Å². The van der Waals surface area contributed by atoms with E-state index in [1.165, 1.54) is 0 Å². The maximum Gasteiger partial charge on any atom is 0.253 e. The van der Waals surface area contributed by atoms with Crippen LogP contribution in [0.5, 0.6) is 0 Å². The number of carbonyl (C=O) groups excluding carboxylic acids is 1. The largest absolute Gasteiger partial charge is 0.349 e. The van der Waals surface area contributed by atoms with Crippen LogP contribution in [0, 0.1) is 0 Å². The molecule has 0 saturated carbocycles. The number of hydrogen-bond acceptors (Lipinski definition) is 6. The van der Waals surface area contributed by atoms with Crippen molar-refractivity contribution in [2.45, 2.75) is 37.8 Å². The topological polar surface area (TPSA) is 97.2 Å². The van der Waals surface area contributed by atoms with E-state index in [-0.39, 0.29) is 11.9 Å². The Morgan fingerprint density at radius 3 is 2.56 bits per heavy atom. The SMILES string of the molecule is Cn1ncc2ncc(C(=O)NC3CCN(C4CCS(=O)(=O)CC4)CC3)cc21. The van der Waals surface area contributed by atoms with Crippen molar-refractivity contribution in [3.63, 3.8) is 0 Å². The predicted octanol–water partition coefficient (Wildman–Crippen LogP) is 0.740.